The fourth-order valence-electron chi connectivity index (χ4n) is 2.54. The highest BCUT2D eigenvalue weighted by atomic mass is 16.6. The lowest BCUT2D eigenvalue weighted by molar-refractivity contribution is -0.384. The van der Waals surface area contributed by atoms with Gasteiger partial charge in [0.25, 0.3) is 5.69 Å². The van der Waals surface area contributed by atoms with Crippen LogP contribution in [0.1, 0.15) is 18.4 Å². The van der Waals surface area contributed by atoms with E-state index in [4.69, 9.17) is 5.11 Å². The fourth-order valence-corrected chi connectivity index (χ4v) is 2.54. The number of hydrogen-bond donors (Lipinski definition) is 2. The minimum absolute atomic E-state index is 0.0408. The van der Waals surface area contributed by atoms with E-state index in [2.05, 4.69) is 5.32 Å². The van der Waals surface area contributed by atoms with Gasteiger partial charge in [-0.15, -0.1) is 0 Å². The first kappa shape index (κ1) is 16.7. The van der Waals surface area contributed by atoms with E-state index in [-0.39, 0.29) is 17.6 Å². The quantitative estimate of drug-likeness (QED) is 0.632. The normalized spacial score (nSPS) is 15.2. The third kappa shape index (κ3) is 4.67. The van der Waals surface area contributed by atoms with Gasteiger partial charge in [-0.25, -0.2) is 4.79 Å². The number of carbonyl (C=O) groups excluding carboxylic acids is 1. The summed E-state index contributed by atoms with van der Waals surface area (Å²) in [6, 6.07) is 6.02. The van der Waals surface area contributed by atoms with Crippen LogP contribution in [-0.2, 0) is 11.2 Å². The van der Waals surface area contributed by atoms with Crippen LogP contribution in [0.15, 0.2) is 24.3 Å². The summed E-state index contributed by atoms with van der Waals surface area (Å²) in [5, 5.41) is 22.3. The van der Waals surface area contributed by atoms with E-state index in [1.54, 1.807) is 17.0 Å². The Morgan fingerprint density at radius 2 is 1.87 bits per heavy atom. The van der Waals surface area contributed by atoms with Gasteiger partial charge in [-0.1, -0.05) is 12.1 Å². The van der Waals surface area contributed by atoms with Gasteiger partial charge >= 0.3 is 12.0 Å². The zero-order chi connectivity index (χ0) is 16.8. The van der Waals surface area contributed by atoms with Gasteiger partial charge in [0.1, 0.15) is 0 Å². The molecule has 0 saturated carbocycles. The fraction of sp³-hybridized carbons (Fsp3) is 0.467. The Balaban J connectivity index is 1.73. The third-order valence-electron chi connectivity index (χ3n) is 3.97. The number of nitrogens with zero attached hydrogens (tertiary/aromatic N) is 2. The monoisotopic (exact) mass is 321 g/mol. The van der Waals surface area contributed by atoms with Crippen molar-refractivity contribution in [3.8, 4) is 0 Å². The highest BCUT2D eigenvalue weighted by molar-refractivity contribution is 5.75. The molecule has 2 N–H and O–H groups in total. The van der Waals surface area contributed by atoms with Crippen LogP contribution in [0.2, 0.25) is 0 Å². The zero-order valence-corrected chi connectivity index (χ0v) is 12.6. The molecule has 0 spiro atoms. The number of nitro benzene ring substituents is 1. The van der Waals surface area contributed by atoms with E-state index in [0.29, 0.717) is 38.9 Å². The number of hydrogen-bond acceptors (Lipinski definition) is 4. The second kappa shape index (κ2) is 7.57. The van der Waals surface area contributed by atoms with Gasteiger partial charge in [0, 0.05) is 31.8 Å². The first-order chi connectivity index (χ1) is 11.0. The maximum atomic E-state index is 12.0. The number of nitro groups is 1. The highest BCUT2D eigenvalue weighted by Crippen LogP contribution is 2.17. The molecule has 0 unspecified atom stereocenters. The summed E-state index contributed by atoms with van der Waals surface area (Å²) in [7, 11) is 0. The molecule has 1 aliphatic rings. The summed E-state index contributed by atoms with van der Waals surface area (Å²) in [5.41, 5.74) is 0.944. The lowest BCUT2D eigenvalue weighted by Gasteiger charge is -2.30. The average molecular weight is 321 g/mol. The number of aliphatic carboxylic acids is 1. The Labute approximate surface area is 133 Å². The van der Waals surface area contributed by atoms with Crippen LogP contribution in [0.3, 0.4) is 0 Å². The highest BCUT2D eigenvalue weighted by Gasteiger charge is 2.26. The van der Waals surface area contributed by atoms with E-state index in [9.17, 15) is 19.7 Å². The average Bonchev–Trinajstić information content (AvgIpc) is 2.55. The topological polar surface area (TPSA) is 113 Å². The first-order valence-electron chi connectivity index (χ1n) is 7.46. The number of nitrogens with one attached hydrogen (secondary N) is 1. The van der Waals surface area contributed by atoms with Crippen LogP contribution in [0.25, 0.3) is 0 Å². The molecule has 1 aliphatic heterocycles. The molecule has 1 fully saturated rings. The van der Waals surface area contributed by atoms with Crippen molar-refractivity contribution in [3.05, 3.63) is 39.9 Å². The standard InChI is InChI=1S/C15H19N3O5/c19-14(20)12-6-9-17(10-7-12)15(21)16-8-5-11-1-3-13(4-2-11)18(22)23/h1-4,12H,5-10H2,(H,16,21)(H,19,20). The van der Waals surface area contributed by atoms with Crippen LogP contribution in [0, 0.1) is 16.0 Å². The lowest BCUT2D eigenvalue weighted by atomic mass is 9.97. The molecule has 1 aromatic rings. The molecular formula is C15H19N3O5. The Hall–Kier alpha value is -2.64. The summed E-state index contributed by atoms with van der Waals surface area (Å²) in [5.74, 6) is -1.16. The molecule has 1 heterocycles. The molecule has 23 heavy (non-hydrogen) atoms. The molecular weight excluding hydrogens is 302 g/mol. The second-order valence-electron chi connectivity index (χ2n) is 5.51. The predicted octanol–water partition coefficient (Wildman–Crippen LogP) is 1.64. The summed E-state index contributed by atoms with van der Waals surface area (Å²) in [6.07, 6.45) is 1.53. The molecule has 8 heteroatoms. The summed E-state index contributed by atoms with van der Waals surface area (Å²) in [6.45, 7) is 1.32. The van der Waals surface area contributed by atoms with Crippen LogP contribution in [-0.4, -0.2) is 46.6 Å². The largest absolute Gasteiger partial charge is 0.481 e. The second-order valence-corrected chi connectivity index (χ2v) is 5.51. The number of likely N-dealkylation sites (tertiary alicyclic amines) is 1. The maximum Gasteiger partial charge on any atom is 0.317 e. The molecule has 8 nitrogen and oxygen atoms in total. The zero-order valence-electron chi connectivity index (χ0n) is 12.6. The van der Waals surface area contributed by atoms with Crippen LogP contribution in [0.4, 0.5) is 10.5 Å². The van der Waals surface area contributed by atoms with Crippen molar-refractivity contribution < 1.29 is 19.6 Å². The van der Waals surface area contributed by atoms with Gasteiger partial charge in [-0.3, -0.25) is 14.9 Å². The van der Waals surface area contributed by atoms with Gasteiger partial charge in [0.15, 0.2) is 0 Å². The molecule has 0 bridgehead atoms. The molecule has 0 aromatic heterocycles. The number of non-ortho nitro benzene ring substituents is 1. The summed E-state index contributed by atoms with van der Waals surface area (Å²) < 4.78 is 0. The Morgan fingerprint density at radius 3 is 2.39 bits per heavy atom. The first-order valence-corrected chi connectivity index (χ1v) is 7.46. The number of piperidine rings is 1. The Kier molecular flexibility index (Phi) is 5.51. The maximum absolute atomic E-state index is 12.0. The molecule has 1 aromatic carbocycles. The van der Waals surface area contributed by atoms with Gasteiger partial charge in [-0.05, 0) is 24.8 Å². The van der Waals surface area contributed by atoms with Crippen LogP contribution in [0.5, 0.6) is 0 Å². The molecule has 0 radical (unpaired) electrons. The molecule has 1 saturated heterocycles. The number of carboxylic acids is 1. The third-order valence-corrected chi connectivity index (χ3v) is 3.97. The minimum atomic E-state index is -0.803. The number of benzene rings is 1. The van der Waals surface area contributed by atoms with E-state index >= 15 is 0 Å². The predicted molar refractivity (Wildman–Crippen MR) is 82.1 cm³/mol. The van der Waals surface area contributed by atoms with Gasteiger partial charge in [0.2, 0.25) is 0 Å². The van der Waals surface area contributed by atoms with Crippen molar-refractivity contribution >= 4 is 17.7 Å². The van der Waals surface area contributed by atoms with Crippen molar-refractivity contribution in [2.45, 2.75) is 19.3 Å². The van der Waals surface area contributed by atoms with Gasteiger partial charge in [0.05, 0.1) is 10.8 Å². The van der Waals surface area contributed by atoms with Crippen LogP contribution < -0.4 is 5.32 Å². The number of carboxylic acid groups (broad SMARTS) is 1. The smallest absolute Gasteiger partial charge is 0.317 e. The lowest BCUT2D eigenvalue weighted by Crippen LogP contribution is -2.45. The van der Waals surface area contributed by atoms with Crippen molar-refractivity contribution in [2.24, 2.45) is 5.92 Å². The Bertz CT molecular complexity index is 579. The molecule has 0 aliphatic carbocycles. The summed E-state index contributed by atoms with van der Waals surface area (Å²) in [4.78, 5) is 34.6. The van der Waals surface area contributed by atoms with Gasteiger partial charge in [-0.2, -0.15) is 0 Å². The number of amides is 2. The molecule has 2 amide bonds. The molecule has 0 atom stereocenters. The minimum Gasteiger partial charge on any atom is -0.481 e. The SMILES string of the molecule is O=C(O)C1CCN(C(=O)NCCc2ccc([N+](=O)[O-])cc2)CC1. The molecule has 2 rings (SSSR count). The van der Waals surface area contributed by atoms with Crippen LogP contribution >= 0.6 is 0 Å². The van der Waals surface area contributed by atoms with E-state index < -0.39 is 10.9 Å². The van der Waals surface area contributed by atoms with Gasteiger partial charge < -0.3 is 15.3 Å². The number of carbonyl (C=O) groups is 2. The molecule has 124 valence electrons. The Morgan fingerprint density at radius 1 is 1.26 bits per heavy atom. The van der Waals surface area contributed by atoms with E-state index in [0.717, 1.165) is 5.56 Å². The van der Waals surface area contributed by atoms with E-state index in [1.807, 2.05) is 0 Å². The summed E-state index contributed by atoms with van der Waals surface area (Å²) >= 11 is 0. The van der Waals surface area contributed by atoms with Crippen molar-refractivity contribution in [2.75, 3.05) is 19.6 Å². The van der Waals surface area contributed by atoms with Crippen molar-refractivity contribution in [1.29, 1.82) is 0 Å². The number of urea groups is 1. The van der Waals surface area contributed by atoms with Crippen molar-refractivity contribution in [3.63, 3.8) is 0 Å². The number of rotatable bonds is 5. The van der Waals surface area contributed by atoms with Crippen molar-refractivity contribution in [1.82, 2.24) is 10.2 Å². The van der Waals surface area contributed by atoms with E-state index in [1.165, 1.54) is 12.1 Å².